The van der Waals surface area contributed by atoms with Gasteiger partial charge in [0, 0.05) is 17.7 Å². The lowest BCUT2D eigenvalue weighted by Gasteiger charge is -2.21. The van der Waals surface area contributed by atoms with E-state index in [0.717, 1.165) is 36.1 Å². The number of aromatic nitrogens is 1. The standard InChI is InChI=1S/C16H22N2OS/c1-10-3-4-12-9-13(5-6-14(10)12)19-8-7-15-11(2)20-16(17)18-15/h5-6,10,12H,3-4,7-9H2,1-2H3,(H2,17,18)/t10-,12?/m1/s1. The van der Waals surface area contributed by atoms with Crippen molar-refractivity contribution in [1.29, 1.82) is 0 Å². The molecule has 2 aliphatic carbocycles. The van der Waals surface area contributed by atoms with Crippen molar-refractivity contribution in [2.75, 3.05) is 12.3 Å². The maximum Gasteiger partial charge on any atom is 0.180 e. The quantitative estimate of drug-likeness (QED) is 0.916. The van der Waals surface area contributed by atoms with Crippen molar-refractivity contribution < 1.29 is 4.74 Å². The van der Waals surface area contributed by atoms with Crippen LogP contribution in [-0.4, -0.2) is 11.6 Å². The molecule has 0 aromatic carbocycles. The van der Waals surface area contributed by atoms with Gasteiger partial charge in [-0.1, -0.05) is 18.6 Å². The molecule has 1 aromatic rings. The zero-order valence-corrected chi connectivity index (χ0v) is 13.0. The number of rotatable bonds is 4. The predicted molar refractivity (Wildman–Crippen MR) is 83.6 cm³/mol. The molecular weight excluding hydrogens is 268 g/mol. The van der Waals surface area contributed by atoms with Crippen molar-refractivity contribution in [2.24, 2.45) is 11.8 Å². The predicted octanol–water partition coefficient (Wildman–Crippen LogP) is 3.85. The average molecular weight is 290 g/mol. The number of thiazole rings is 1. The van der Waals surface area contributed by atoms with Crippen LogP contribution in [0.3, 0.4) is 0 Å². The normalized spacial score (nSPS) is 25.1. The Hall–Kier alpha value is -1.29. The summed E-state index contributed by atoms with van der Waals surface area (Å²) >= 11 is 1.56. The number of ether oxygens (including phenoxy) is 1. The maximum atomic E-state index is 5.93. The van der Waals surface area contributed by atoms with Crippen molar-refractivity contribution in [2.45, 2.75) is 39.5 Å². The van der Waals surface area contributed by atoms with Crippen LogP contribution in [0.4, 0.5) is 5.13 Å². The molecule has 1 heterocycles. The second-order valence-corrected chi connectivity index (χ2v) is 7.07. The summed E-state index contributed by atoms with van der Waals surface area (Å²) in [5.41, 5.74) is 8.42. The van der Waals surface area contributed by atoms with Gasteiger partial charge in [-0.05, 0) is 37.7 Å². The monoisotopic (exact) mass is 290 g/mol. The molecule has 2 N–H and O–H groups in total. The second-order valence-electron chi connectivity index (χ2n) is 5.83. The van der Waals surface area contributed by atoms with Crippen LogP contribution in [0, 0.1) is 18.8 Å². The molecule has 1 fully saturated rings. The molecule has 1 aromatic heterocycles. The summed E-state index contributed by atoms with van der Waals surface area (Å²) in [7, 11) is 0. The van der Waals surface area contributed by atoms with Gasteiger partial charge in [0.05, 0.1) is 18.1 Å². The molecule has 1 saturated carbocycles. The van der Waals surface area contributed by atoms with Gasteiger partial charge in [-0.2, -0.15) is 0 Å². The van der Waals surface area contributed by atoms with Gasteiger partial charge in [0.15, 0.2) is 5.13 Å². The number of nitrogen functional groups attached to an aromatic ring is 1. The lowest BCUT2D eigenvalue weighted by Crippen LogP contribution is -2.09. The van der Waals surface area contributed by atoms with Crippen molar-refractivity contribution in [1.82, 2.24) is 4.98 Å². The van der Waals surface area contributed by atoms with Crippen LogP contribution in [0.1, 0.15) is 36.8 Å². The van der Waals surface area contributed by atoms with Gasteiger partial charge >= 0.3 is 0 Å². The van der Waals surface area contributed by atoms with E-state index >= 15 is 0 Å². The smallest absolute Gasteiger partial charge is 0.180 e. The van der Waals surface area contributed by atoms with Crippen molar-refractivity contribution in [3.63, 3.8) is 0 Å². The topological polar surface area (TPSA) is 48.1 Å². The molecule has 20 heavy (non-hydrogen) atoms. The molecule has 0 amide bonds. The third kappa shape index (κ3) is 2.75. The van der Waals surface area contributed by atoms with Gasteiger partial charge in [0.2, 0.25) is 0 Å². The van der Waals surface area contributed by atoms with E-state index < -0.39 is 0 Å². The van der Waals surface area contributed by atoms with E-state index in [1.54, 1.807) is 16.9 Å². The Kier molecular flexibility index (Phi) is 3.83. The van der Waals surface area contributed by atoms with E-state index in [2.05, 4.69) is 31.0 Å². The third-order valence-electron chi connectivity index (χ3n) is 4.43. The first-order valence-electron chi connectivity index (χ1n) is 7.38. The molecular formula is C16H22N2OS. The van der Waals surface area contributed by atoms with Gasteiger partial charge in [-0.15, -0.1) is 11.3 Å². The van der Waals surface area contributed by atoms with Gasteiger partial charge in [-0.25, -0.2) is 4.98 Å². The Bertz CT molecular complexity index is 559. The lowest BCUT2D eigenvalue weighted by molar-refractivity contribution is 0.196. The summed E-state index contributed by atoms with van der Waals surface area (Å²) in [5, 5.41) is 0.655. The summed E-state index contributed by atoms with van der Waals surface area (Å²) in [6.07, 6.45) is 9.01. The maximum absolute atomic E-state index is 5.93. The fourth-order valence-corrected chi connectivity index (χ4v) is 4.01. The van der Waals surface area contributed by atoms with Gasteiger partial charge < -0.3 is 10.5 Å². The highest BCUT2D eigenvalue weighted by Gasteiger charge is 2.29. The van der Waals surface area contributed by atoms with Crippen molar-refractivity contribution in [3.8, 4) is 0 Å². The summed E-state index contributed by atoms with van der Waals surface area (Å²) in [5.74, 6) is 2.62. The number of aryl methyl sites for hydroxylation is 1. The summed E-state index contributed by atoms with van der Waals surface area (Å²) in [6, 6.07) is 0. The first-order valence-corrected chi connectivity index (χ1v) is 8.20. The lowest BCUT2D eigenvalue weighted by atomic mass is 9.90. The van der Waals surface area contributed by atoms with Gasteiger partial charge in [0.1, 0.15) is 0 Å². The SMILES string of the molecule is Cc1sc(N)nc1CCOC1=CC=C2C(CC[C@H]2C)C1. The minimum Gasteiger partial charge on any atom is -0.498 e. The van der Waals surface area contributed by atoms with Gasteiger partial charge in [0.25, 0.3) is 0 Å². The molecule has 3 nitrogen and oxygen atoms in total. The third-order valence-corrected chi connectivity index (χ3v) is 5.28. The van der Waals surface area contributed by atoms with E-state index in [4.69, 9.17) is 10.5 Å². The number of hydrogen-bond acceptors (Lipinski definition) is 4. The largest absolute Gasteiger partial charge is 0.498 e. The van der Waals surface area contributed by atoms with Crippen LogP contribution in [0.25, 0.3) is 0 Å². The fraction of sp³-hybridized carbons (Fsp3) is 0.562. The van der Waals surface area contributed by atoms with E-state index in [-0.39, 0.29) is 0 Å². The number of allylic oxidation sites excluding steroid dienone is 4. The van der Waals surface area contributed by atoms with E-state index in [1.165, 1.54) is 17.7 Å². The van der Waals surface area contributed by atoms with E-state index in [9.17, 15) is 0 Å². The fourth-order valence-electron chi connectivity index (χ4n) is 3.28. The number of nitrogens with two attached hydrogens (primary N) is 1. The Morgan fingerprint density at radius 2 is 2.25 bits per heavy atom. The van der Waals surface area contributed by atoms with Crippen LogP contribution in [0.15, 0.2) is 23.5 Å². The van der Waals surface area contributed by atoms with Crippen LogP contribution < -0.4 is 5.73 Å². The number of hydrogen-bond donors (Lipinski definition) is 1. The van der Waals surface area contributed by atoms with Crippen LogP contribution in [0.5, 0.6) is 0 Å². The second kappa shape index (κ2) is 5.60. The summed E-state index contributed by atoms with van der Waals surface area (Å²) < 4.78 is 5.93. The zero-order valence-electron chi connectivity index (χ0n) is 12.2. The summed E-state index contributed by atoms with van der Waals surface area (Å²) in [4.78, 5) is 5.55. The van der Waals surface area contributed by atoms with E-state index in [1.807, 2.05) is 0 Å². The molecule has 0 bridgehead atoms. The van der Waals surface area contributed by atoms with E-state index in [0.29, 0.717) is 11.7 Å². The zero-order chi connectivity index (χ0) is 14.1. The number of fused-ring (bicyclic) bond motifs is 1. The molecule has 1 unspecified atom stereocenters. The highest BCUT2D eigenvalue weighted by atomic mass is 32.1. The molecule has 3 rings (SSSR count). The summed E-state index contributed by atoms with van der Waals surface area (Å²) in [6.45, 7) is 5.10. The Morgan fingerprint density at radius 1 is 1.40 bits per heavy atom. The highest BCUT2D eigenvalue weighted by molar-refractivity contribution is 7.15. The number of nitrogens with zero attached hydrogens (tertiary/aromatic N) is 1. The molecule has 2 aliphatic rings. The molecule has 0 spiro atoms. The van der Waals surface area contributed by atoms with Gasteiger partial charge in [-0.3, -0.25) is 0 Å². The first-order chi connectivity index (χ1) is 9.63. The minimum absolute atomic E-state index is 0.655. The van der Waals surface area contributed by atoms with Crippen molar-refractivity contribution in [3.05, 3.63) is 34.1 Å². The minimum atomic E-state index is 0.655. The molecule has 0 saturated heterocycles. The molecule has 2 atom stereocenters. The molecule has 0 radical (unpaired) electrons. The van der Waals surface area contributed by atoms with Crippen LogP contribution >= 0.6 is 11.3 Å². The average Bonchev–Trinajstić information content (AvgIpc) is 2.93. The molecule has 0 aliphatic heterocycles. The first kappa shape index (κ1) is 13.7. The molecule has 4 heteroatoms. The Balaban J connectivity index is 1.54. The molecule has 108 valence electrons. The van der Waals surface area contributed by atoms with Crippen molar-refractivity contribution >= 4 is 16.5 Å². The number of anilines is 1. The van der Waals surface area contributed by atoms with Crippen LogP contribution in [-0.2, 0) is 11.2 Å². The Labute approximate surface area is 124 Å². The highest BCUT2D eigenvalue weighted by Crippen LogP contribution is 2.42. The van der Waals surface area contributed by atoms with Crippen LogP contribution in [0.2, 0.25) is 0 Å². The Morgan fingerprint density at radius 3 is 3.00 bits per heavy atom.